The van der Waals surface area contributed by atoms with Crippen LogP contribution in [0.15, 0.2) is 35.7 Å². The molecule has 2 aromatic rings. The quantitative estimate of drug-likeness (QED) is 0.800. The Kier molecular flexibility index (Phi) is 3.04. The first-order valence-electron chi connectivity index (χ1n) is 5.52. The lowest BCUT2D eigenvalue weighted by atomic mass is 10.1. The molecule has 0 saturated heterocycles. The predicted octanol–water partition coefficient (Wildman–Crippen LogP) is 2.77. The van der Waals surface area contributed by atoms with Crippen LogP contribution in [0.5, 0.6) is 0 Å². The van der Waals surface area contributed by atoms with Gasteiger partial charge in [-0.05, 0) is 18.2 Å². The number of nitrogens with zero attached hydrogens (tertiary/aromatic N) is 1. The first-order valence-corrected chi connectivity index (χ1v) is 6.78. The van der Waals surface area contributed by atoms with Gasteiger partial charge in [0, 0.05) is 5.38 Å². The largest absolute Gasteiger partial charge is 0.373 e. The number of hydroxylamine groups is 2. The SMILES string of the molecule is O=C(ON1C(=O)c2ccccc2C1=O)c1cc(Cl)cs1. The summed E-state index contributed by atoms with van der Waals surface area (Å²) in [6, 6.07) is 7.69. The number of hydrogen-bond donors (Lipinski definition) is 0. The summed E-state index contributed by atoms with van der Waals surface area (Å²) in [6.45, 7) is 0. The molecular weight excluding hydrogens is 302 g/mol. The molecule has 0 unspecified atom stereocenters. The van der Waals surface area contributed by atoms with Gasteiger partial charge < -0.3 is 4.84 Å². The first kappa shape index (κ1) is 12.8. The van der Waals surface area contributed by atoms with E-state index in [1.54, 1.807) is 17.5 Å². The molecule has 0 N–H and O–H groups in total. The van der Waals surface area contributed by atoms with Crippen molar-refractivity contribution < 1.29 is 19.2 Å². The van der Waals surface area contributed by atoms with Crippen LogP contribution in [0.2, 0.25) is 5.02 Å². The number of carbonyl (C=O) groups excluding carboxylic acids is 3. The maximum atomic E-state index is 12.0. The van der Waals surface area contributed by atoms with Crippen molar-refractivity contribution in [2.75, 3.05) is 0 Å². The van der Waals surface area contributed by atoms with E-state index >= 15 is 0 Å². The number of carbonyl (C=O) groups is 3. The number of thiophene rings is 1. The maximum absolute atomic E-state index is 12.0. The number of fused-ring (bicyclic) bond motifs is 1. The topological polar surface area (TPSA) is 63.7 Å². The van der Waals surface area contributed by atoms with Crippen LogP contribution >= 0.6 is 22.9 Å². The van der Waals surface area contributed by atoms with Crippen LogP contribution < -0.4 is 0 Å². The highest BCUT2D eigenvalue weighted by atomic mass is 35.5. The summed E-state index contributed by atoms with van der Waals surface area (Å²) in [5.74, 6) is -2.10. The molecule has 3 rings (SSSR count). The molecule has 5 nitrogen and oxygen atoms in total. The minimum atomic E-state index is -0.795. The monoisotopic (exact) mass is 307 g/mol. The van der Waals surface area contributed by atoms with Crippen molar-refractivity contribution in [3.63, 3.8) is 0 Å². The molecule has 0 atom stereocenters. The summed E-state index contributed by atoms with van der Waals surface area (Å²) in [6.07, 6.45) is 0. The Bertz CT molecular complexity index is 704. The Morgan fingerprint density at radius 2 is 1.75 bits per heavy atom. The summed E-state index contributed by atoms with van der Waals surface area (Å²) in [5.41, 5.74) is 0.434. The van der Waals surface area contributed by atoms with Crippen LogP contribution in [0.4, 0.5) is 0 Å². The van der Waals surface area contributed by atoms with Crippen molar-refractivity contribution in [3.8, 4) is 0 Å². The molecule has 2 amide bonds. The zero-order valence-electron chi connectivity index (χ0n) is 9.83. The van der Waals surface area contributed by atoms with E-state index in [0.717, 1.165) is 11.3 Å². The molecule has 1 aliphatic heterocycles. The van der Waals surface area contributed by atoms with Crippen molar-refractivity contribution >= 4 is 40.7 Å². The molecule has 0 bridgehead atoms. The van der Waals surface area contributed by atoms with Crippen LogP contribution in [-0.2, 0) is 4.84 Å². The molecular formula is C13H6ClNO4S. The molecule has 7 heteroatoms. The van der Waals surface area contributed by atoms with Crippen molar-refractivity contribution in [3.05, 3.63) is 56.7 Å². The first-order chi connectivity index (χ1) is 9.58. The van der Waals surface area contributed by atoms with E-state index < -0.39 is 17.8 Å². The zero-order valence-corrected chi connectivity index (χ0v) is 11.4. The number of benzene rings is 1. The molecule has 100 valence electrons. The summed E-state index contributed by atoms with van der Waals surface area (Å²) in [5, 5.41) is 2.42. The smallest absolute Gasteiger partial charge is 0.323 e. The second kappa shape index (κ2) is 4.73. The molecule has 0 fully saturated rings. The van der Waals surface area contributed by atoms with Gasteiger partial charge in [-0.1, -0.05) is 28.8 Å². The molecule has 0 aliphatic carbocycles. The highest BCUT2D eigenvalue weighted by Crippen LogP contribution is 2.25. The Labute approximate surface area is 122 Å². The highest BCUT2D eigenvalue weighted by molar-refractivity contribution is 7.12. The summed E-state index contributed by atoms with van der Waals surface area (Å²) in [7, 11) is 0. The average Bonchev–Trinajstić information content (AvgIpc) is 2.98. The van der Waals surface area contributed by atoms with E-state index in [4.69, 9.17) is 16.4 Å². The third-order valence-electron chi connectivity index (χ3n) is 2.70. The van der Waals surface area contributed by atoms with Gasteiger partial charge in [0.05, 0.1) is 16.1 Å². The highest BCUT2D eigenvalue weighted by Gasteiger charge is 2.38. The van der Waals surface area contributed by atoms with Gasteiger partial charge in [0.25, 0.3) is 11.8 Å². The standard InChI is InChI=1S/C13H6ClNO4S/c14-7-5-10(20-6-7)13(18)19-15-11(16)8-3-1-2-4-9(8)12(15)17/h1-6H. The van der Waals surface area contributed by atoms with E-state index in [1.807, 2.05) is 0 Å². The van der Waals surface area contributed by atoms with Crippen molar-refractivity contribution in [1.29, 1.82) is 0 Å². The van der Waals surface area contributed by atoms with E-state index in [2.05, 4.69) is 0 Å². The minimum Gasteiger partial charge on any atom is -0.323 e. The second-order valence-electron chi connectivity index (χ2n) is 3.96. The second-order valence-corrected chi connectivity index (χ2v) is 5.31. The molecule has 1 aromatic carbocycles. The lowest BCUT2D eigenvalue weighted by Gasteiger charge is -2.11. The molecule has 0 spiro atoms. The third kappa shape index (κ3) is 1.99. The molecule has 0 saturated carbocycles. The fourth-order valence-electron chi connectivity index (χ4n) is 1.80. The fraction of sp³-hybridized carbons (Fsp3) is 0. The maximum Gasteiger partial charge on any atom is 0.373 e. The summed E-state index contributed by atoms with van der Waals surface area (Å²) >= 11 is 6.78. The number of halogens is 1. The van der Waals surface area contributed by atoms with Crippen molar-refractivity contribution in [2.45, 2.75) is 0 Å². The number of hydrogen-bond acceptors (Lipinski definition) is 5. The number of rotatable bonds is 2. The van der Waals surface area contributed by atoms with Gasteiger partial charge in [-0.3, -0.25) is 9.59 Å². The Balaban J connectivity index is 1.85. The van der Waals surface area contributed by atoms with Gasteiger partial charge in [0.15, 0.2) is 0 Å². The Morgan fingerprint density at radius 3 is 2.25 bits per heavy atom. The molecule has 20 heavy (non-hydrogen) atoms. The van der Waals surface area contributed by atoms with Gasteiger partial charge in [-0.15, -0.1) is 11.3 Å². The van der Waals surface area contributed by atoms with Crippen LogP contribution in [0.3, 0.4) is 0 Å². The Hall–Kier alpha value is -2.18. The lowest BCUT2D eigenvalue weighted by Crippen LogP contribution is -2.32. The van der Waals surface area contributed by atoms with Gasteiger partial charge >= 0.3 is 5.97 Å². The minimum absolute atomic E-state index is 0.214. The predicted molar refractivity (Wildman–Crippen MR) is 71.7 cm³/mol. The van der Waals surface area contributed by atoms with Gasteiger partial charge in [0.2, 0.25) is 0 Å². The molecule has 1 aromatic heterocycles. The zero-order chi connectivity index (χ0) is 14.3. The molecule has 1 aliphatic rings. The summed E-state index contributed by atoms with van der Waals surface area (Å²) < 4.78 is 0. The van der Waals surface area contributed by atoms with E-state index in [1.165, 1.54) is 18.2 Å². The van der Waals surface area contributed by atoms with E-state index in [-0.39, 0.29) is 16.0 Å². The normalized spacial score (nSPS) is 13.6. The van der Waals surface area contributed by atoms with Gasteiger partial charge in [-0.25, -0.2) is 4.79 Å². The Morgan fingerprint density at radius 1 is 1.15 bits per heavy atom. The van der Waals surface area contributed by atoms with Crippen LogP contribution in [0.25, 0.3) is 0 Å². The van der Waals surface area contributed by atoms with Crippen LogP contribution in [-0.4, -0.2) is 22.8 Å². The fourth-order valence-corrected chi connectivity index (χ4v) is 2.74. The third-order valence-corrected chi connectivity index (χ3v) is 3.96. The van der Waals surface area contributed by atoms with Crippen LogP contribution in [0, 0.1) is 0 Å². The van der Waals surface area contributed by atoms with Crippen LogP contribution in [0.1, 0.15) is 30.4 Å². The molecule has 0 radical (unpaired) electrons. The van der Waals surface area contributed by atoms with E-state index in [0.29, 0.717) is 10.1 Å². The van der Waals surface area contributed by atoms with Crippen molar-refractivity contribution in [1.82, 2.24) is 5.06 Å². The van der Waals surface area contributed by atoms with Crippen molar-refractivity contribution in [2.24, 2.45) is 0 Å². The van der Waals surface area contributed by atoms with Gasteiger partial charge in [0.1, 0.15) is 4.88 Å². The van der Waals surface area contributed by atoms with E-state index in [9.17, 15) is 14.4 Å². The lowest BCUT2D eigenvalue weighted by molar-refractivity contribution is -0.0581. The summed E-state index contributed by atoms with van der Waals surface area (Å²) in [4.78, 5) is 40.9. The average molecular weight is 308 g/mol. The molecule has 2 heterocycles. The number of amides is 2. The van der Waals surface area contributed by atoms with Gasteiger partial charge in [-0.2, -0.15) is 0 Å². The number of imide groups is 1.